The second kappa shape index (κ2) is 9.82. The summed E-state index contributed by atoms with van der Waals surface area (Å²) in [5.74, 6) is 0.133. The lowest BCUT2D eigenvalue weighted by Crippen LogP contribution is -2.29. The number of aromatic nitrogens is 5. The summed E-state index contributed by atoms with van der Waals surface area (Å²) in [4.78, 5) is 18.3. The third kappa shape index (κ3) is 5.46. The molecule has 0 spiro atoms. The van der Waals surface area contributed by atoms with Gasteiger partial charge in [0.25, 0.3) is 0 Å². The van der Waals surface area contributed by atoms with Crippen LogP contribution in [-0.4, -0.2) is 43.2 Å². The van der Waals surface area contributed by atoms with Crippen LogP contribution in [0.25, 0.3) is 22.5 Å². The van der Waals surface area contributed by atoms with Crippen LogP contribution in [0.3, 0.4) is 0 Å². The molecule has 4 rings (SSSR count). The molecule has 0 aliphatic rings. The molecule has 0 fully saturated rings. The largest absolute Gasteiger partial charge is 0.478 e. The van der Waals surface area contributed by atoms with Crippen LogP contribution in [0.1, 0.15) is 43.1 Å². The second-order valence-corrected chi connectivity index (χ2v) is 9.40. The highest BCUT2D eigenvalue weighted by Crippen LogP contribution is 2.30. The Balaban J connectivity index is 1.62. The van der Waals surface area contributed by atoms with Gasteiger partial charge in [-0.25, -0.2) is 14.9 Å². The van der Waals surface area contributed by atoms with Gasteiger partial charge in [-0.2, -0.15) is 0 Å². The second-order valence-electron chi connectivity index (χ2n) is 9.40. The summed E-state index contributed by atoms with van der Waals surface area (Å²) >= 11 is 0. The number of carboxylic acid groups (broad SMARTS) is 1. The molecule has 0 radical (unpaired) electrons. The highest BCUT2D eigenvalue weighted by molar-refractivity contribution is 5.93. The minimum Gasteiger partial charge on any atom is -0.478 e. The Hall–Kier alpha value is -4.07. The van der Waals surface area contributed by atoms with Crippen molar-refractivity contribution in [1.29, 1.82) is 0 Å². The Morgan fingerprint density at radius 1 is 1.00 bits per heavy atom. The maximum atomic E-state index is 11.8. The van der Waals surface area contributed by atoms with Crippen LogP contribution in [0.4, 0.5) is 5.82 Å². The zero-order valence-electron chi connectivity index (χ0n) is 19.6. The maximum absolute atomic E-state index is 11.8. The molecule has 0 aliphatic carbocycles. The number of aromatic amines is 1. The highest BCUT2D eigenvalue weighted by Gasteiger charge is 2.20. The summed E-state index contributed by atoms with van der Waals surface area (Å²) in [6.07, 6.45) is 2.55. The molecular weight excluding hydrogens is 428 g/mol. The van der Waals surface area contributed by atoms with Crippen molar-refractivity contribution < 1.29 is 9.90 Å². The van der Waals surface area contributed by atoms with E-state index < -0.39 is 5.97 Å². The SMILES string of the molecule is CC(C)(C)CCN(Cc1ccc(-c2ccccc2-c2nnn[nH]2)cc1)c1ncccc1C(=O)O. The van der Waals surface area contributed by atoms with E-state index in [0.717, 1.165) is 28.7 Å². The molecule has 0 saturated carbocycles. The van der Waals surface area contributed by atoms with Crippen molar-refractivity contribution in [3.05, 3.63) is 78.0 Å². The average Bonchev–Trinajstić information content (AvgIpc) is 3.36. The van der Waals surface area contributed by atoms with Crippen LogP contribution in [0, 0.1) is 5.41 Å². The Bertz CT molecular complexity index is 1250. The fourth-order valence-electron chi connectivity index (χ4n) is 3.77. The van der Waals surface area contributed by atoms with Gasteiger partial charge in [0.1, 0.15) is 11.4 Å². The Morgan fingerprint density at radius 2 is 1.74 bits per heavy atom. The van der Waals surface area contributed by atoms with E-state index in [1.165, 1.54) is 0 Å². The minimum absolute atomic E-state index is 0.111. The predicted octanol–water partition coefficient (Wildman–Crippen LogP) is 5.07. The van der Waals surface area contributed by atoms with Gasteiger partial charge in [0.15, 0.2) is 5.82 Å². The Labute approximate surface area is 198 Å². The van der Waals surface area contributed by atoms with Gasteiger partial charge in [-0.3, -0.25) is 0 Å². The number of aromatic carboxylic acids is 1. The molecule has 0 unspecified atom stereocenters. The van der Waals surface area contributed by atoms with Gasteiger partial charge >= 0.3 is 5.97 Å². The molecule has 8 heteroatoms. The number of tetrazole rings is 1. The quantitative estimate of drug-likeness (QED) is 0.381. The maximum Gasteiger partial charge on any atom is 0.339 e. The lowest BCUT2D eigenvalue weighted by atomic mass is 9.92. The summed E-state index contributed by atoms with van der Waals surface area (Å²) in [5, 5.41) is 23.9. The van der Waals surface area contributed by atoms with Crippen molar-refractivity contribution in [3.8, 4) is 22.5 Å². The van der Waals surface area contributed by atoms with Crippen molar-refractivity contribution >= 4 is 11.8 Å². The molecule has 0 amide bonds. The van der Waals surface area contributed by atoms with E-state index in [9.17, 15) is 9.90 Å². The summed E-state index contributed by atoms with van der Waals surface area (Å²) in [5.41, 5.74) is 4.38. The molecule has 2 N–H and O–H groups in total. The van der Waals surface area contributed by atoms with E-state index in [0.29, 0.717) is 24.7 Å². The van der Waals surface area contributed by atoms with Gasteiger partial charge in [-0.05, 0) is 51.1 Å². The number of anilines is 1. The first kappa shape index (κ1) is 23.1. The first-order chi connectivity index (χ1) is 16.3. The lowest BCUT2D eigenvalue weighted by Gasteiger charge is -2.29. The van der Waals surface area contributed by atoms with Gasteiger partial charge in [0, 0.05) is 24.8 Å². The number of hydrogen-bond acceptors (Lipinski definition) is 6. The third-order valence-corrected chi connectivity index (χ3v) is 5.61. The number of hydrogen-bond donors (Lipinski definition) is 2. The number of carboxylic acids is 1. The molecular formula is C26H28N6O2. The number of rotatable bonds is 8. The molecule has 8 nitrogen and oxygen atoms in total. The summed E-state index contributed by atoms with van der Waals surface area (Å²) < 4.78 is 0. The lowest BCUT2D eigenvalue weighted by molar-refractivity contribution is 0.0697. The molecule has 0 aliphatic heterocycles. The predicted molar refractivity (Wildman–Crippen MR) is 131 cm³/mol. The molecule has 4 aromatic rings. The minimum atomic E-state index is -0.974. The van der Waals surface area contributed by atoms with Crippen LogP contribution in [0.15, 0.2) is 66.9 Å². The fraction of sp³-hybridized carbons (Fsp3) is 0.269. The molecule has 2 aromatic heterocycles. The Kier molecular flexibility index (Phi) is 6.67. The van der Waals surface area contributed by atoms with Crippen LogP contribution in [-0.2, 0) is 6.54 Å². The van der Waals surface area contributed by atoms with Crippen molar-refractivity contribution in [1.82, 2.24) is 25.6 Å². The van der Waals surface area contributed by atoms with Gasteiger partial charge in [0.05, 0.1) is 0 Å². The average molecular weight is 457 g/mol. The topological polar surface area (TPSA) is 108 Å². The molecule has 2 aromatic carbocycles. The van der Waals surface area contributed by atoms with Crippen molar-refractivity contribution in [2.75, 3.05) is 11.4 Å². The van der Waals surface area contributed by atoms with Gasteiger partial charge < -0.3 is 10.0 Å². The number of benzene rings is 2. The highest BCUT2D eigenvalue weighted by atomic mass is 16.4. The van der Waals surface area contributed by atoms with Crippen molar-refractivity contribution in [2.24, 2.45) is 5.41 Å². The summed E-state index contributed by atoms with van der Waals surface area (Å²) in [6, 6.07) is 19.5. The van der Waals surface area contributed by atoms with Gasteiger partial charge in [0.2, 0.25) is 0 Å². The molecule has 2 heterocycles. The zero-order chi connectivity index (χ0) is 24.1. The molecule has 174 valence electrons. The van der Waals surface area contributed by atoms with E-state index in [-0.39, 0.29) is 11.0 Å². The summed E-state index contributed by atoms with van der Waals surface area (Å²) in [7, 11) is 0. The number of nitrogens with zero attached hydrogens (tertiary/aromatic N) is 5. The summed E-state index contributed by atoms with van der Waals surface area (Å²) in [6.45, 7) is 7.79. The van der Waals surface area contributed by atoms with Gasteiger partial charge in [-0.15, -0.1) is 5.10 Å². The number of H-pyrrole nitrogens is 1. The normalized spacial score (nSPS) is 11.4. The van der Waals surface area contributed by atoms with E-state index in [1.54, 1.807) is 18.3 Å². The number of pyridine rings is 1. The Morgan fingerprint density at radius 3 is 2.38 bits per heavy atom. The smallest absolute Gasteiger partial charge is 0.339 e. The van der Waals surface area contributed by atoms with Crippen molar-refractivity contribution in [2.45, 2.75) is 33.7 Å². The van der Waals surface area contributed by atoms with Gasteiger partial charge in [-0.1, -0.05) is 69.3 Å². The van der Waals surface area contributed by atoms with E-state index in [1.807, 2.05) is 24.3 Å². The first-order valence-corrected chi connectivity index (χ1v) is 11.2. The number of carbonyl (C=O) groups is 1. The first-order valence-electron chi connectivity index (χ1n) is 11.2. The molecule has 0 bridgehead atoms. The monoisotopic (exact) mass is 456 g/mol. The number of nitrogens with one attached hydrogen (secondary N) is 1. The molecule has 0 saturated heterocycles. The van der Waals surface area contributed by atoms with E-state index in [2.05, 4.69) is 75.5 Å². The van der Waals surface area contributed by atoms with Crippen LogP contribution >= 0.6 is 0 Å². The van der Waals surface area contributed by atoms with Crippen LogP contribution < -0.4 is 4.90 Å². The fourth-order valence-corrected chi connectivity index (χ4v) is 3.77. The van der Waals surface area contributed by atoms with E-state index in [4.69, 9.17) is 0 Å². The van der Waals surface area contributed by atoms with E-state index >= 15 is 0 Å². The molecule has 0 atom stereocenters. The standard InChI is InChI=1S/C26H28N6O2/c1-26(2,3)14-16-32(24-22(25(33)34)9-6-15-27-24)17-18-10-12-19(13-11-18)20-7-4-5-8-21(20)23-28-30-31-29-23/h4-13,15H,14,16-17H2,1-3H3,(H,33,34)(H,28,29,30,31). The zero-order valence-corrected chi connectivity index (χ0v) is 19.6. The third-order valence-electron chi connectivity index (χ3n) is 5.61. The van der Waals surface area contributed by atoms with Crippen LogP contribution in [0.2, 0.25) is 0 Å². The van der Waals surface area contributed by atoms with Crippen LogP contribution in [0.5, 0.6) is 0 Å². The molecule has 34 heavy (non-hydrogen) atoms. The van der Waals surface area contributed by atoms with Crippen molar-refractivity contribution in [3.63, 3.8) is 0 Å².